The highest BCUT2D eigenvalue weighted by Crippen LogP contribution is 2.28. The summed E-state index contributed by atoms with van der Waals surface area (Å²) in [7, 11) is 0. The zero-order valence-electron chi connectivity index (χ0n) is 14.5. The molecule has 130 valence electrons. The van der Waals surface area contributed by atoms with Crippen LogP contribution in [0.15, 0.2) is 41.9 Å². The van der Waals surface area contributed by atoms with E-state index in [1.54, 1.807) is 6.33 Å². The van der Waals surface area contributed by atoms with Gasteiger partial charge in [-0.2, -0.15) is 0 Å². The molecule has 1 amide bonds. The third kappa shape index (κ3) is 3.99. The number of nitrogens with zero attached hydrogens (tertiary/aromatic N) is 3. The van der Waals surface area contributed by atoms with Crippen molar-refractivity contribution >= 4 is 34.5 Å². The Labute approximate surface area is 150 Å². The first-order chi connectivity index (χ1) is 12.1. The first-order valence-electron chi connectivity index (χ1n) is 8.30. The molecule has 0 spiro atoms. The highest BCUT2D eigenvalue weighted by Gasteiger charge is 2.20. The molecule has 3 aromatic rings. The van der Waals surface area contributed by atoms with E-state index in [0.717, 1.165) is 16.2 Å². The van der Waals surface area contributed by atoms with Crippen LogP contribution in [0.4, 0.5) is 5.69 Å². The Bertz CT molecular complexity index is 859. The molecular formula is C18H21N5OS. The number of H-pyrrole nitrogens is 1. The number of amides is 1. The molecule has 6 nitrogen and oxygen atoms in total. The van der Waals surface area contributed by atoms with E-state index < -0.39 is 0 Å². The van der Waals surface area contributed by atoms with Gasteiger partial charge in [-0.3, -0.25) is 4.79 Å². The molecule has 25 heavy (non-hydrogen) atoms. The maximum absolute atomic E-state index is 12.6. The van der Waals surface area contributed by atoms with Crippen LogP contribution in [0.1, 0.15) is 38.7 Å². The number of carbonyl (C=O) groups excluding carboxylic acids is 1. The van der Waals surface area contributed by atoms with Crippen LogP contribution in [0.25, 0.3) is 11.2 Å². The molecule has 7 heteroatoms. The molecule has 0 aliphatic carbocycles. The number of aromatic nitrogens is 4. The summed E-state index contributed by atoms with van der Waals surface area (Å²) in [5, 5.41) is 3.48. The minimum atomic E-state index is -0.244. The molecule has 0 aliphatic rings. The molecular weight excluding hydrogens is 334 g/mol. The second kappa shape index (κ2) is 7.65. The van der Waals surface area contributed by atoms with Crippen molar-refractivity contribution in [2.45, 2.75) is 43.4 Å². The fourth-order valence-electron chi connectivity index (χ4n) is 2.46. The quantitative estimate of drug-likeness (QED) is 0.516. The van der Waals surface area contributed by atoms with Crippen molar-refractivity contribution in [3.63, 3.8) is 0 Å². The summed E-state index contributed by atoms with van der Waals surface area (Å²) in [6.45, 7) is 6.29. The summed E-state index contributed by atoms with van der Waals surface area (Å²) in [5.41, 5.74) is 3.43. The Balaban J connectivity index is 1.72. The van der Waals surface area contributed by atoms with Gasteiger partial charge in [0.25, 0.3) is 0 Å². The number of carbonyl (C=O) groups is 1. The van der Waals surface area contributed by atoms with Gasteiger partial charge in [-0.25, -0.2) is 15.0 Å². The van der Waals surface area contributed by atoms with Crippen LogP contribution < -0.4 is 5.32 Å². The molecule has 2 N–H and O–H groups in total. The molecule has 1 aromatic carbocycles. The monoisotopic (exact) mass is 355 g/mol. The van der Waals surface area contributed by atoms with Gasteiger partial charge in [0.15, 0.2) is 5.65 Å². The van der Waals surface area contributed by atoms with Gasteiger partial charge in [0.1, 0.15) is 16.9 Å². The van der Waals surface area contributed by atoms with Crippen LogP contribution in [0.2, 0.25) is 0 Å². The molecule has 1 atom stereocenters. The zero-order valence-corrected chi connectivity index (χ0v) is 15.3. The Hall–Kier alpha value is -2.41. The number of thioether (sulfide) groups is 1. The summed E-state index contributed by atoms with van der Waals surface area (Å²) in [6.07, 6.45) is 3.75. The van der Waals surface area contributed by atoms with Crippen molar-refractivity contribution in [2.24, 2.45) is 0 Å². The lowest BCUT2D eigenvalue weighted by Crippen LogP contribution is -2.24. The summed E-state index contributed by atoms with van der Waals surface area (Å²) in [6, 6.07) is 7.99. The number of hydrogen-bond donors (Lipinski definition) is 2. The highest BCUT2D eigenvalue weighted by molar-refractivity contribution is 8.00. The van der Waals surface area contributed by atoms with Crippen molar-refractivity contribution in [2.75, 3.05) is 5.32 Å². The van der Waals surface area contributed by atoms with E-state index in [1.807, 2.05) is 31.2 Å². The van der Waals surface area contributed by atoms with Gasteiger partial charge in [0, 0.05) is 5.69 Å². The number of rotatable bonds is 6. The molecule has 2 aromatic heterocycles. The number of anilines is 1. The van der Waals surface area contributed by atoms with Crippen molar-refractivity contribution in [1.82, 2.24) is 19.9 Å². The van der Waals surface area contributed by atoms with Crippen LogP contribution in [-0.4, -0.2) is 31.1 Å². The summed E-state index contributed by atoms with van der Waals surface area (Å²) >= 11 is 1.42. The summed E-state index contributed by atoms with van der Waals surface area (Å²) in [5.74, 6) is 0.439. The fourth-order valence-corrected chi connectivity index (χ4v) is 3.44. The predicted octanol–water partition coefficient (Wildman–Crippen LogP) is 3.99. The maximum atomic E-state index is 12.6. The molecule has 0 saturated carbocycles. The smallest absolute Gasteiger partial charge is 0.237 e. The van der Waals surface area contributed by atoms with Gasteiger partial charge in [-0.15, -0.1) is 0 Å². The highest BCUT2D eigenvalue weighted by atomic mass is 32.2. The van der Waals surface area contributed by atoms with E-state index in [1.165, 1.54) is 23.7 Å². The molecule has 0 fully saturated rings. The van der Waals surface area contributed by atoms with Crippen molar-refractivity contribution in [3.05, 3.63) is 42.5 Å². The van der Waals surface area contributed by atoms with E-state index in [2.05, 4.69) is 39.1 Å². The van der Waals surface area contributed by atoms with Crippen LogP contribution in [-0.2, 0) is 4.79 Å². The van der Waals surface area contributed by atoms with Crippen molar-refractivity contribution in [3.8, 4) is 0 Å². The average Bonchev–Trinajstić information content (AvgIpc) is 3.09. The molecule has 0 saturated heterocycles. The number of fused-ring (bicyclic) bond motifs is 1. The number of aromatic amines is 1. The predicted molar refractivity (Wildman–Crippen MR) is 101 cm³/mol. The largest absolute Gasteiger partial charge is 0.341 e. The lowest BCUT2D eigenvalue weighted by molar-refractivity contribution is -0.115. The Morgan fingerprint density at radius 2 is 1.96 bits per heavy atom. The molecule has 3 rings (SSSR count). The van der Waals surface area contributed by atoms with Gasteiger partial charge in [0.05, 0.1) is 11.6 Å². The second-order valence-corrected chi connectivity index (χ2v) is 7.25. The molecule has 0 unspecified atom stereocenters. The van der Waals surface area contributed by atoms with Gasteiger partial charge in [-0.1, -0.05) is 44.7 Å². The molecule has 2 heterocycles. The first-order valence-corrected chi connectivity index (χ1v) is 9.18. The lowest BCUT2D eigenvalue weighted by Gasteiger charge is -2.15. The summed E-state index contributed by atoms with van der Waals surface area (Å²) < 4.78 is 0. The number of nitrogens with one attached hydrogen (secondary N) is 2. The topological polar surface area (TPSA) is 83.6 Å². The average molecular weight is 355 g/mol. The van der Waals surface area contributed by atoms with Crippen molar-refractivity contribution in [1.29, 1.82) is 0 Å². The Morgan fingerprint density at radius 1 is 1.20 bits per heavy atom. The van der Waals surface area contributed by atoms with E-state index in [0.29, 0.717) is 18.0 Å². The number of imidazole rings is 1. The number of benzene rings is 1. The van der Waals surface area contributed by atoms with E-state index in [4.69, 9.17) is 0 Å². The normalized spacial score (nSPS) is 12.5. The second-order valence-electron chi connectivity index (χ2n) is 6.06. The standard InChI is InChI=1S/C18H21N5OS/c1-4-14(25-18-15-16(20-9-19-15)21-10-22-18)17(24)23-13-7-5-12(6-8-13)11(2)3/h5-11,14H,4H2,1-3H3,(H,23,24)(H,19,20,21,22)/t14-/m0/s1. The maximum Gasteiger partial charge on any atom is 0.237 e. The van der Waals surface area contributed by atoms with Crippen LogP contribution in [0.5, 0.6) is 0 Å². The van der Waals surface area contributed by atoms with Gasteiger partial charge < -0.3 is 10.3 Å². The first kappa shape index (κ1) is 17.4. The molecule has 0 bridgehead atoms. The molecule has 0 radical (unpaired) electrons. The fraction of sp³-hybridized carbons (Fsp3) is 0.333. The van der Waals surface area contributed by atoms with Crippen LogP contribution in [0.3, 0.4) is 0 Å². The number of hydrogen-bond acceptors (Lipinski definition) is 5. The minimum absolute atomic E-state index is 0.0314. The SMILES string of the molecule is CC[C@H](Sc1ncnc2nc[nH]c12)C(=O)Nc1ccc(C(C)C)cc1. The van der Waals surface area contributed by atoms with E-state index in [9.17, 15) is 4.79 Å². The Morgan fingerprint density at radius 3 is 2.64 bits per heavy atom. The third-order valence-corrected chi connectivity index (χ3v) is 5.31. The summed E-state index contributed by atoms with van der Waals surface area (Å²) in [4.78, 5) is 28.2. The lowest BCUT2D eigenvalue weighted by atomic mass is 10.0. The van der Waals surface area contributed by atoms with Gasteiger partial charge in [-0.05, 0) is 30.0 Å². The van der Waals surface area contributed by atoms with Gasteiger partial charge >= 0.3 is 0 Å². The minimum Gasteiger partial charge on any atom is -0.341 e. The van der Waals surface area contributed by atoms with E-state index in [-0.39, 0.29) is 11.2 Å². The van der Waals surface area contributed by atoms with Crippen LogP contribution in [0, 0.1) is 0 Å². The zero-order chi connectivity index (χ0) is 17.8. The van der Waals surface area contributed by atoms with Crippen molar-refractivity contribution < 1.29 is 4.79 Å². The van der Waals surface area contributed by atoms with Crippen LogP contribution >= 0.6 is 11.8 Å². The Kier molecular flexibility index (Phi) is 5.33. The third-order valence-electron chi connectivity index (χ3n) is 3.95. The van der Waals surface area contributed by atoms with E-state index >= 15 is 0 Å². The molecule has 0 aliphatic heterocycles. The van der Waals surface area contributed by atoms with Gasteiger partial charge in [0.2, 0.25) is 5.91 Å².